The number of carbonyl (C=O) groups is 1. The molecule has 0 bridgehead atoms. The van der Waals surface area contributed by atoms with Gasteiger partial charge in [-0.1, -0.05) is 23.8 Å². The number of nitrogens with zero attached hydrogens (tertiary/aromatic N) is 1. The van der Waals surface area contributed by atoms with Gasteiger partial charge in [0.25, 0.3) is 5.91 Å². The quantitative estimate of drug-likeness (QED) is 0.687. The van der Waals surface area contributed by atoms with E-state index in [1.807, 2.05) is 38.1 Å². The zero-order valence-corrected chi connectivity index (χ0v) is 14.1. The van der Waals surface area contributed by atoms with Crippen molar-refractivity contribution in [2.24, 2.45) is 0 Å². The first-order chi connectivity index (χ1) is 12.1. The van der Waals surface area contributed by atoms with Crippen LogP contribution in [-0.4, -0.2) is 19.1 Å². The van der Waals surface area contributed by atoms with Crippen LogP contribution in [0, 0.1) is 25.2 Å². The Kier molecular flexibility index (Phi) is 4.71. The predicted octanol–water partition coefficient (Wildman–Crippen LogP) is 3.62. The fourth-order valence-corrected chi connectivity index (χ4v) is 2.54. The Balaban J connectivity index is 1.82. The topological polar surface area (TPSA) is 71.4 Å². The van der Waals surface area contributed by atoms with Gasteiger partial charge in [0.05, 0.1) is 0 Å². The molecule has 0 unspecified atom stereocenters. The van der Waals surface area contributed by atoms with Gasteiger partial charge in [-0.25, -0.2) is 0 Å². The van der Waals surface area contributed by atoms with Gasteiger partial charge in [-0.15, -0.1) is 0 Å². The van der Waals surface area contributed by atoms with Crippen molar-refractivity contribution in [2.75, 3.05) is 18.5 Å². The second-order valence-corrected chi connectivity index (χ2v) is 5.84. The molecule has 1 aliphatic heterocycles. The molecule has 5 heteroatoms. The third-order valence-electron chi connectivity index (χ3n) is 3.90. The normalized spacial score (nSPS) is 13.1. The van der Waals surface area contributed by atoms with Crippen LogP contribution < -0.4 is 14.8 Å². The van der Waals surface area contributed by atoms with Gasteiger partial charge in [0.2, 0.25) is 0 Å². The largest absolute Gasteiger partial charge is 0.486 e. The van der Waals surface area contributed by atoms with E-state index in [0.29, 0.717) is 30.4 Å². The fraction of sp³-hybridized carbons (Fsp3) is 0.200. The number of aryl methyl sites for hydroxylation is 2. The van der Waals surface area contributed by atoms with E-state index in [-0.39, 0.29) is 5.57 Å². The third kappa shape index (κ3) is 3.81. The number of hydrogen-bond donors (Lipinski definition) is 1. The van der Waals surface area contributed by atoms with Crippen molar-refractivity contribution >= 4 is 17.7 Å². The molecule has 0 aromatic heterocycles. The molecule has 25 heavy (non-hydrogen) atoms. The fourth-order valence-electron chi connectivity index (χ4n) is 2.54. The maximum atomic E-state index is 12.4. The molecule has 0 radical (unpaired) electrons. The lowest BCUT2D eigenvalue weighted by Gasteiger charge is -2.18. The summed E-state index contributed by atoms with van der Waals surface area (Å²) in [7, 11) is 0. The molecule has 1 amide bonds. The Bertz CT molecular complexity index is 894. The summed E-state index contributed by atoms with van der Waals surface area (Å²) in [5.41, 5.74) is 3.53. The minimum absolute atomic E-state index is 0.0450. The van der Waals surface area contributed by atoms with Crippen molar-refractivity contribution in [3.63, 3.8) is 0 Å². The van der Waals surface area contributed by atoms with E-state index < -0.39 is 5.91 Å². The number of anilines is 1. The number of rotatable bonds is 3. The highest BCUT2D eigenvalue weighted by Gasteiger charge is 2.15. The van der Waals surface area contributed by atoms with Crippen molar-refractivity contribution in [2.45, 2.75) is 13.8 Å². The summed E-state index contributed by atoms with van der Waals surface area (Å²) in [5.74, 6) is 0.775. The van der Waals surface area contributed by atoms with E-state index >= 15 is 0 Å². The summed E-state index contributed by atoms with van der Waals surface area (Å²) in [4.78, 5) is 12.4. The van der Waals surface area contributed by atoms with Crippen molar-refractivity contribution in [3.8, 4) is 17.6 Å². The summed E-state index contributed by atoms with van der Waals surface area (Å²) in [6, 6.07) is 13.0. The summed E-state index contributed by atoms with van der Waals surface area (Å²) in [6.45, 7) is 4.90. The molecule has 1 N–H and O–H groups in total. The molecule has 3 rings (SSSR count). The highest BCUT2D eigenvalue weighted by molar-refractivity contribution is 6.09. The summed E-state index contributed by atoms with van der Waals surface area (Å²) in [5, 5.41) is 12.1. The molecule has 0 saturated heterocycles. The van der Waals surface area contributed by atoms with Gasteiger partial charge < -0.3 is 14.8 Å². The molecular formula is C20H18N2O3. The monoisotopic (exact) mass is 334 g/mol. The number of carbonyl (C=O) groups excluding carboxylic acids is 1. The molecule has 2 aromatic rings. The molecule has 5 nitrogen and oxygen atoms in total. The van der Waals surface area contributed by atoms with Crippen LogP contribution in [0.2, 0.25) is 0 Å². The first kappa shape index (κ1) is 16.6. The van der Waals surface area contributed by atoms with Crippen LogP contribution in [0.15, 0.2) is 42.0 Å². The molecule has 1 aliphatic rings. The summed E-state index contributed by atoms with van der Waals surface area (Å²) < 4.78 is 11.0. The maximum Gasteiger partial charge on any atom is 0.266 e. The molecule has 0 atom stereocenters. The van der Waals surface area contributed by atoms with Gasteiger partial charge in [-0.3, -0.25) is 4.79 Å². The number of ether oxygens (including phenoxy) is 2. The van der Waals surface area contributed by atoms with Crippen molar-refractivity contribution < 1.29 is 14.3 Å². The molecular weight excluding hydrogens is 316 g/mol. The smallest absolute Gasteiger partial charge is 0.266 e. The Labute approximate surface area is 146 Å². The van der Waals surface area contributed by atoms with Gasteiger partial charge >= 0.3 is 0 Å². The van der Waals surface area contributed by atoms with E-state index in [1.54, 1.807) is 24.3 Å². The van der Waals surface area contributed by atoms with Gasteiger partial charge in [-0.05, 0) is 43.2 Å². The highest BCUT2D eigenvalue weighted by Crippen LogP contribution is 2.32. The maximum absolute atomic E-state index is 12.4. The lowest BCUT2D eigenvalue weighted by Crippen LogP contribution is -2.17. The van der Waals surface area contributed by atoms with Gasteiger partial charge in [-0.2, -0.15) is 5.26 Å². The minimum Gasteiger partial charge on any atom is -0.486 e. The van der Waals surface area contributed by atoms with Crippen LogP contribution in [0.1, 0.15) is 16.7 Å². The van der Waals surface area contributed by atoms with Gasteiger partial charge in [0, 0.05) is 11.8 Å². The second-order valence-electron chi connectivity index (χ2n) is 5.84. The van der Waals surface area contributed by atoms with E-state index in [0.717, 1.165) is 16.7 Å². The SMILES string of the molecule is Cc1ccc(C)c(C=C(C#N)C(=O)Nc2ccc3c(c2)OCCO3)c1. The average Bonchev–Trinajstić information content (AvgIpc) is 2.62. The Hall–Kier alpha value is -3.26. The first-order valence-electron chi connectivity index (χ1n) is 7.97. The van der Waals surface area contributed by atoms with E-state index in [2.05, 4.69) is 5.32 Å². The van der Waals surface area contributed by atoms with Crippen LogP contribution in [0.25, 0.3) is 6.08 Å². The molecule has 0 spiro atoms. The number of nitrogens with one attached hydrogen (secondary N) is 1. The number of benzene rings is 2. The van der Waals surface area contributed by atoms with Crippen LogP contribution >= 0.6 is 0 Å². The molecule has 0 fully saturated rings. The zero-order chi connectivity index (χ0) is 17.8. The summed E-state index contributed by atoms with van der Waals surface area (Å²) in [6.07, 6.45) is 1.61. The Morgan fingerprint density at radius 2 is 1.88 bits per heavy atom. The lowest BCUT2D eigenvalue weighted by molar-refractivity contribution is -0.112. The van der Waals surface area contributed by atoms with Crippen LogP contribution in [0.4, 0.5) is 5.69 Å². The van der Waals surface area contributed by atoms with Gasteiger partial charge in [0.1, 0.15) is 24.9 Å². The van der Waals surface area contributed by atoms with Crippen LogP contribution in [0.3, 0.4) is 0 Å². The Morgan fingerprint density at radius 1 is 1.12 bits per heavy atom. The molecule has 2 aromatic carbocycles. The van der Waals surface area contributed by atoms with Crippen molar-refractivity contribution in [1.82, 2.24) is 0 Å². The van der Waals surface area contributed by atoms with E-state index in [9.17, 15) is 10.1 Å². The second kappa shape index (κ2) is 7.10. The molecule has 0 aliphatic carbocycles. The number of nitriles is 1. The first-order valence-corrected chi connectivity index (χ1v) is 7.97. The van der Waals surface area contributed by atoms with E-state index in [4.69, 9.17) is 9.47 Å². The van der Waals surface area contributed by atoms with Crippen molar-refractivity contribution in [3.05, 3.63) is 58.7 Å². The predicted molar refractivity (Wildman–Crippen MR) is 95.6 cm³/mol. The molecule has 0 saturated carbocycles. The number of amides is 1. The standard InChI is InChI=1S/C20H18N2O3/c1-13-3-4-14(2)15(9-13)10-16(12-21)20(23)22-17-5-6-18-19(11-17)25-8-7-24-18/h3-6,9-11H,7-8H2,1-2H3,(H,22,23). The number of fused-ring (bicyclic) bond motifs is 1. The summed E-state index contributed by atoms with van der Waals surface area (Å²) >= 11 is 0. The van der Waals surface area contributed by atoms with E-state index in [1.165, 1.54) is 0 Å². The Morgan fingerprint density at radius 3 is 2.64 bits per heavy atom. The highest BCUT2D eigenvalue weighted by atomic mass is 16.6. The van der Waals surface area contributed by atoms with Gasteiger partial charge in [0.15, 0.2) is 11.5 Å². The average molecular weight is 334 g/mol. The lowest BCUT2D eigenvalue weighted by atomic mass is 10.0. The van der Waals surface area contributed by atoms with Crippen LogP contribution in [-0.2, 0) is 4.79 Å². The number of hydrogen-bond acceptors (Lipinski definition) is 4. The molecule has 1 heterocycles. The molecule has 126 valence electrons. The third-order valence-corrected chi connectivity index (χ3v) is 3.90. The zero-order valence-electron chi connectivity index (χ0n) is 14.1. The van der Waals surface area contributed by atoms with Crippen LogP contribution in [0.5, 0.6) is 11.5 Å². The minimum atomic E-state index is -0.458. The van der Waals surface area contributed by atoms with Crippen molar-refractivity contribution in [1.29, 1.82) is 5.26 Å².